The minimum absolute atomic E-state index is 0.0528. The van der Waals surface area contributed by atoms with Gasteiger partial charge in [0.15, 0.2) is 6.61 Å². The molecular formula is C27H29N3O7S. The third-order valence-corrected chi connectivity index (χ3v) is 6.97. The van der Waals surface area contributed by atoms with Gasteiger partial charge < -0.3 is 14.2 Å². The number of hydrogen-bond acceptors (Lipinski definition) is 8. The van der Waals surface area contributed by atoms with Crippen LogP contribution in [0.2, 0.25) is 0 Å². The molecule has 0 fully saturated rings. The maximum absolute atomic E-state index is 13.5. The summed E-state index contributed by atoms with van der Waals surface area (Å²) in [5.41, 5.74) is 4.15. The molecule has 0 saturated carbocycles. The summed E-state index contributed by atoms with van der Waals surface area (Å²) < 4.78 is 43.3. The number of sulfonamides is 1. The molecule has 1 N–H and O–H groups in total. The van der Waals surface area contributed by atoms with Crippen molar-refractivity contribution in [3.63, 3.8) is 0 Å². The standard InChI is InChI=1S/C27H29N3O7S/c1-4-36-23-12-10-22(11-13-23)30(38(33,34)25-14-8-20(2)9-15-25)18-26(31)29-28-17-21-6-5-7-24(16-21)37-19-27(32)35-3/h5-17H,4,18-19H2,1-3H3,(H,29,31)/b28-17-. The predicted octanol–water partition coefficient (Wildman–Crippen LogP) is 3.29. The smallest absolute Gasteiger partial charge is 0.343 e. The van der Waals surface area contributed by atoms with Gasteiger partial charge in [0.05, 0.1) is 30.5 Å². The first-order valence-electron chi connectivity index (χ1n) is 11.7. The van der Waals surface area contributed by atoms with E-state index in [1.807, 2.05) is 13.8 Å². The maximum atomic E-state index is 13.5. The van der Waals surface area contributed by atoms with Crippen LogP contribution < -0.4 is 19.2 Å². The molecule has 0 bridgehead atoms. The molecule has 0 heterocycles. The van der Waals surface area contributed by atoms with Crippen LogP contribution in [0, 0.1) is 6.92 Å². The van der Waals surface area contributed by atoms with Crippen molar-refractivity contribution in [1.29, 1.82) is 0 Å². The molecule has 0 atom stereocenters. The highest BCUT2D eigenvalue weighted by Gasteiger charge is 2.27. The number of ether oxygens (including phenoxy) is 3. The Balaban J connectivity index is 1.76. The van der Waals surface area contributed by atoms with Gasteiger partial charge in [-0.2, -0.15) is 5.10 Å². The Morgan fingerprint density at radius 2 is 1.68 bits per heavy atom. The largest absolute Gasteiger partial charge is 0.494 e. The van der Waals surface area contributed by atoms with Crippen molar-refractivity contribution in [2.45, 2.75) is 18.7 Å². The summed E-state index contributed by atoms with van der Waals surface area (Å²) in [5.74, 6) is -0.176. The van der Waals surface area contributed by atoms with Crippen LogP contribution in [0.3, 0.4) is 0 Å². The highest BCUT2D eigenvalue weighted by atomic mass is 32.2. The number of hydrazone groups is 1. The molecule has 0 aliphatic rings. The van der Waals surface area contributed by atoms with E-state index in [2.05, 4.69) is 15.3 Å². The van der Waals surface area contributed by atoms with E-state index < -0.39 is 28.4 Å². The highest BCUT2D eigenvalue weighted by molar-refractivity contribution is 7.92. The van der Waals surface area contributed by atoms with Crippen LogP contribution in [0.4, 0.5) is 5.69 Å². The molecule has 0 unspecified atom stereocenters. The number of benzene rings is 3. The summed E-state index contributed by atoms with van der Waals surface area (Å²) in [4.78, 5) is 24.1. The zero-order valence-corrected chi connectivity index (χ0v) is 22.1. The topological polar surface area (TPSA) is 124 Å². The monoisotopic (exact) mass is 539 g/mol. The van der Waals surface area contributed by atoms with Crippen LogP contribution in [-0.4, -0.2) is 53.4 Å². The zero-order valence-electron chi connectivity index (χ0n) is 21.3. The lowest BCUT2D eigenvalue weighted by molar-refractivity contribution is -0.142. The number of carbonyl (C=O) groups excluding carboxylic acids is 2. The van der Waals surface area contributed by atoms with E-state index in [9.17, 15) is 18.0 Å². The van der Waals surface area contributed by atoms with E-state index in [1.54, 1.807) is 60.7 Å². The summed E-state index contributed by atoms with van der Waals surface area (Å²) >= 11 is 0. The Hall–Kier alpha value is -4.38. The quantitative estimate of drug-likeness (QED) is 0.213. The van der Waals surface area contributed by atoms with Gasteiger partial charge in [-0.3, -0.25) is 9.10 Å². The van der Waals surface area contributed by atoms with Crippen LogP contribution in [0.25, 0.3) is 0 Å². The molecule has 0 aliphatic heterocycles. The fraction of sp³-hybridized carbons (Fsp3) is 0.222. The second kappa shape index (κ2) is 13.2. The zero-order chi connectivity index (χ0) is 27.5. The lowest BCUT2D eigenvalue weighted by Crippen LogP contribution is -2.39. The number of nitrogens with one attached hydrogen (secondary N) is 1. The van der Waals surface area contributed by atoms with E-state index in [1.165, 1.54) is 25.5 Å². The molecule has 3 aromatic rings. The normalized spacial score (nSPS) is 11.1. The van der Waals surface area contributed by atoms with E-state index in [4.69, 9.17) is 9.47 Å². The molecule has 0 aromatic heterocycles. The van der Waals surface area contributed by atoms with E-state index in [0.29, 0.717) is 29.4 Å². The highest BCUT2D eigenvalue weighted by Crippen LogP contribution is 2.26. The Kier molecular flexibility index (Phi) is 9.83. The van der Waals surface area contributed by atoms with Crippen molar-refractivity contribution >= 4 is 33.8 Å². The Morgan fingerprint density at radius 3 is 2.34 bits per heavy atom. The lowest BCUT2D eigenvalue weighted by atomic mass is 10.2. The predicted molar refractivity (Wildman–Crippen MR) is 143 cm³/mol. The summed E-state index contributed by atoms with van der Waals surface area (Å²) in [5, 5.41) is 3.93. The first-order chi connectivity index (χ1) is 18.2. The second-order valence-corrected chi connectivity index (χ2v) is 9.84. The first-order valence-corrected chi connectivity index (χ1v) is 13.1. The minimum atomic E-state index is -4.06. The summed E-state index contributed by atoms with van der Waals surface area (Å²) in [6.45, 7) is 3.41. The Labute approximate surface area is 221 Å². The molecule has 0 spiro atoms. The van der Waals surface area contributed by atoms with E-state index in [-0.39, 0.29) is 11.5 Å². The van der Waals surface area contributed by atoms with E-state index >= 15 is 0 Å². The molecule has 3 aromatic carbocycles. The molecule has 0 radical (unpaired) electrons. The van der Waals surface area contributed by atoms with E-state index in [0.717, 1.165) is 9.87 Å². The number of methoxy groups -OCH3 is 1. The third-order valence-electron chi connectivity index (χ3n) is 5.18. The number of anilines is 1. The van der Waals surface area contributed by atoms with Gasteiger partial charge in [-0.05, 0) is 67.9 Å². The fourth-order valence-corrected chi connectivity index (χ4v) is 4.68. The van der Waals surface area contributed by atoms with Gasteiger partial charge in [0.2, 0.25) is 0 Å². The Morgan fingerprint density at radius 1 is 0.974 bits per heavy atom. The third kappa shape index (κ3) is 7.81. The number of rotatable bonds is 12. The van der Waals surface area contributed by atoms with Gasteiger partial charge in [-0.1, -0.05) is 29.8 Å². The summed E-state index contributed by atoms with van der Waals surface area (Å²) in [7, 11) is -2.80. The SMILES string of the molecule is CCOc1ccc(N(CC(=O)N/N=C\c2cccc(OCC(=O)OC)c2)S(=O)(=O)c2ccc(C)cc2)cc1. The van der Waals surface area contributed by atoms with Crippen molar-refractivity contribution in [2.75, 3.05) is 31.2 Å². The van der Waals surface area contributed by atoms with Crippen LogP contribution >= 0.6 is 0 Å². The van der Waals surface area contributed by atoms with Gasteiger partial charge in [0.1, 0.15) is 18.0 Å². The molecule has 1 amide bonds. The van der Waals surface area contributed by atoms with Crippen molar-refractivity contribution < 1.29 is 32.2 Å². The molecule has 0 aliphatic carbocycles. The van der Waals surface area contributed by atoms with Gasteiger partial charge in [0, 0.05) is 0 Å². The van der Waals surface area contributed by atoms with Crippen molar-refractivity contribution in [3.8, 4) is 11.5 Å². The number of carbonyl (C=O) groups is 2. The van der Waals surface area contributed by atoms with Gasteiger partial charge in [-0.15, -0.1) is 0 Å². The number of hydrogen-bond donors (Lipinski definition) is 1. The maximum Gasteiger partial charge on any atom is 0.343 e. The van der Waals surface area contributed by atoms with Crippen LogP contribution in [0.1, 0.15) is 18.1 Å². The number of nitrogens with zero attached hydrogens (tertiary/aromatic N) is 2. The first kappa shape index (κ1) is 28.2. The Bertz CT molecular complexity index is 1370. The molecule has 0 saturated heterocycles. The van der Waals surface area contributed by atoms with Crippen molar-refractivity contribution in [1.82, 2.24) is 5.43 Å². The van der Waals surface area contributed by atoms with Gasteiger partial charge in [-0.25, -0.2) is 18.6 Å². The lowest BCUT2D eigenvalue weighted by Gasteiger charge is -2.24. The van der Waals surface area contributed by atoms with Gasteiger partial charge in [0.25, 0.3) is 15.9 Å². The molecule has 10 nitrogen and oxygen atoms in total. The van der Waals surface area contributed by atoms with Crippen LogP contribution in [0.5, 0.6) is 11.5 Å². The summed E-state index contributed by atoms with van der Waals surface area (Å²) in [6, 6.07) is 19.5. The fourth-order valence-electron chi connectivity index (χ4n) is 3.26. The average molecular weight is 540 g/mol. The van der Waals surface area contributed by atoms with Crippen molar-refractivity contribution in [2.24, 2.45) is 5.10 Å². The minimum Gasteiger partial charge on any atom is -0.494 e. The molecule has 11 heteroatoms. The van der Waals surface area contributed by atoms with Crippen LogP contribution in [0.15, 0.2) is 82.8 Å². The molecule has 200 valence electrons. The molecule has 38 heavy (non-hydrogen) atoms. The summed E-state index contributed by atoms with van der Waals surface area (Å²) in [6.07, 6.45) is 1.37. The van der Waals surface area contributed by atoms with Gasteiger partial charge >= 0.3 is 5.97 Å². The molecular weight excluding hydrogens is 510 g/mol. The average Bonchev–Trinajstić information content (AvgIpc) is 2.91. The number of aryl methyl sites for hydroxylation is 1. The van der Waals surface area contributed by atoms with Crippen molar-refractivity contribution in [3.05, 3.63) is 83.9 Å². The number of esters is 1. The number of amides is 1. The second-order valence-electron chi connectivity index (χ2n) is 7.98. The van der Waals surface area contributed by atoms with Crippen LogP contribution in [-0.2, 0) is 24.3 Å². The molecule has 3 rings (SSSR count).